The van der Waals surface area contributed by atoms with Crippen molar-refractivity contribution < 1.29 is 9.53 Å². The van der Waals surface area contributed by atoms with Crippen molar-refractivity contribution in [2.75, 3.05) is 19.0 Å². The molecule has 0 bridgehead atoms. The Kier molecular flexibility index (Phi) is 4.72. The average Bonchev–Trinajstić information content (AvgIpc) is 3.05. The molecule has 3 rings (SSSR count). The Balaban J connectivity index is 1.77. The molecule has 0 unspecified atom stereocenters. The molecule has 0 aromatic heterocycles. The molecule has 0 aliphatic carbocycles. The lowest BCUT2D eigenvalue weighted by Crippen LogP contribution is -2.34. The summed E-state index contributed by atoms with van der Waals surface area (Å²) in [6.07, 6.45) is 1.90. The van der Waals surface area contributed by atoms with Gasteiger partial charge in [-0.25, -0.2) is 4.79 Å². The zero-order chi connectivity index (χ0) is 16.2. The van der Waals surface area contributed by atoms with E-state index in [0.717, 1.165) is 30.6 Å². The van der Waals surface area contributed by atoms with E-state index in [1.165, 1.54) is 0 Å². The van der Waals surface area contributed by atoms with Crippen molar-refractivity contribution >= 4 is 23.3 Å². The largest absolute Gasteiger partial charge is 0.497 e. The number of ether oxygens (including phenoxy) is 1. The molecule has 1 aliphatic rings. The standard InChI is InChI=1S/C18H19ClN2O2/c1-23-14-7-4-6-13(12-14)20-18(22)21-11-5-10-17(21)15-8-2-3-9-16(15)19/h2-4,6-9,12,17H,5,10-11H2,1H3,(H,20,22)/t17-/m1/s1. The van der Waals surface area contributed by atoms with E-state index in [9.17, 15) is 4.79 Å². The number of hydrogen-bond acceptors (Lipinski definition) is 2. The maximum atomic E-state index is 12.6. The van der Waals surface area contributed by atoms with Gasteiger partial charge in [-0.3, -0.25) is 0 Å². The number of carbonyl (C=O) groups excluding carboxylic acids is 1. The number of rotatable bonds is 3. The van der Waals surface area contributed by atoms with E-state index < -0.39 is 0 Å². The minimum absolute atomic E-state index is 0.0225. The Labute approximate surface area is 141 Å². The Morgan fingerprint density at radius 2 is 2.09 bits per heavy atom. The van der Waals surface area contributed by atoms with Crippen molar-refractivity contribution in [3.8, 4) is 5.75 Å². The van der Waals surface area contributed by atoms with Gasteiger partial charge in [0.05, 0.1) is 13.2 Å². The maximum Gasteiger partial charge on any atom is 0.322 e. The van der Waals surface area contributed by atoms with Crippen molar-refractivity contribution in [3.05, 3.63) is 59.1 Å². The molecule has 1 N–H and O–H groups in total. The molecule has 1 heterocycles. The number of anilines is 1. The van der Waals surface area contributed by atoms with Gasteiger partial charge < -0.3 is 15.0 Å². The highest BCUT2D eigenvalue weighted by atomic mass is 35.5. The van der Waals surface area contributed by atoms with Crippen LogP contribution in [-0.4, -0.2) is 24.6 Å². The molecule has 1 atom stereocenters. The van der Waals surface area contributed by atoms with E-state index in [1.54, 1.807) is 13.2 Å². The summed E-state index contributed by atoms with van der Waals surface area (Å²) in [5.41, 5.74) is 1.73. The highest BCUT2D eigenvalue weighted by Gasteiger charge is 2.31. The Hall–Kier alpha value is -2.20. The number of carbonyl (C=O) groups is 1. The summed E-state index contributed by atoms with van der Waals surface area (Å²) in [6, 6.07) is 15.0. The molecule has 23 heavy (non-hydrogen) atoms. The second-order valence-electron chi connectivity index (χ2n) is 5.54. The first-order valence-corrected chi connectivity index (χ1v) is 8.03. The number of urea groups is 1. The van der Waals surface area contributed by atoms with Crippen LogP contribution in [0.15, 0.2) is 48.5 Å². The van der Waals surface area contributed by atoms with Crippen LogP contribution in [0.5, 0.6) is 5.75 Å². The molecule has 2 aromatic rings. The number of nitrogens with zero attached hydrogens (tertiary/aromatic N) is 1. The maximum absolute atomic E-state index is 12.6. The van der Waals surface area contributed by atoms with Crippen LogP contribution in [0.3, 0.4) is 0 Å². The number of methoxy groups -OCH3 is 1. The summed E-state index contributed by atoms with van der Waals surface area (Å²) in [7, 11) is 1.61. The molecule has 0 saturated carbocycles. The number of hydrogen-bond donors (Lipinski definition) is 1. The van der Waals surface area contributed by atoms with Gasteiger partial charge in [0.25, 0.3) is 0 Å². The molecule has 0 spiro atoms. The molecule has 1 aliphatic heterocycles. The molecule has 5 heteroatoms. The summed E-state index contributed by atoms with van der Waals surface area (Å²) in [5.74, 6) is 0.715. The third-order valence-corrected chi connectivity index (χ3v) is 4.44. The molecular formula is C18H19ClN2O2. The zero-order valence-electron chi connectivity index (χ0n) is 13.0. The molecule has 0 radical (unpaired) electrons. The molecule has 2 aromatic carbocycles. The number of halogens is 1. The number of benzene rings is 2. The van der Waals surface area contributed by atoms with Gasteiger partial charge in [-0.05, 0) is 36.6 Å². The molecule has 120 valence electrons. The fourth-order valence-electron chi connectivity index (χ4n) is 2.97. The van der Waals surface area contributed by atoms with Gasteiger partial charge in [0.2, 0.25) is 0 Å². The first-order valence-electron chi connectivity index (χ1n) is 7.65. The molecular weight excluding hydrogens is 312 g/mol. The number of nitrogens with one attached hydrogen (secondary N) is 1. The third-order valence-electron chi connectivity index (χ3n) is 4.10. The highest BCUT2D eigenvalue weighted by Crippen LogP contribution is 2.36. The van der Waals surface area contributed by atoms with Crippen LogP contribution in [0.1, 0.15) is 24.4 Å². The van der Waals surface area contributed by atoms with Gasteiger partial charge in [-0.1, -0.05) is 35.9 Å². The summed E-state index contributed by atoms with van der Waals surface area (Å²) in [4.78, 5) is 14.5. The van der Waals surface area contributed by atoms with Crippen molar-refractivity contribution in [2.24, 2.45) is 0 Å². The summed E-state index contributed by atoms with van der Waals surface area (Å²) >= 11 is 6.30. The van der Waals surface area contributed by atoms with Crippen LogP contribution >= 0.6 is 11.6 Å². The number of likely N-dealkylation sites (tertiary alicyclic amines) is 1. The fourth-order valence-corrected chi connectivity index (χ4v) is 3.24. The fraction of sp³-hybridized carbons (Fsp3) is 0.278. The normalized spacial score (nSPS) is 17.1. The lowest BCUT2D eigenvalue weighted by molar-refractivity contribution is 0.207. The van der Waals surface area contributed by atoms with Crippen LogP contribution in [0.25, 0.3) is 0 Å². The van der Waals surface area contributed by atoms with Gasteiger partial charge in [0.15, 0.2) is 0 Å². The predicted molar refractivity (Wildman–Crippen MR) is 92.1 cm³/mol. The lowest BCUT2D eigenvalue weighted by atomic mass is 10.0. The SMILES string of the molecule is COc1cccc(NC(=O)N2CCC[C@@H]2c2ccccc2Cl)c1. The van der Waals surface area contributed by atoms with Crippen molar-refractivity contribution in [1.82, 2.24) is 4.90 Å². The summed E-state index contributed by atoms with van der Waals surface area (Å²) in [6.45, 7) is 0.728. The van der Waals surface area contributed by atoms with Crippen LogP contribution in [-0.2, 0) is 0 Å². The van der Waals surface area contributed by atoms with E-state index in [4.69, 9.17) is 16.3 Å². The van der Waals surface area contributed by atoms with Crippen LogP contribution in [0.4, 0.5) is 10.5 Å². The van der Waals surface area contributed by atoms with E-state index in [-0.39, 0.29) is 12.1 Å². The first kappa shape index (κ1) is 15.7. The highest BCUT2D eigenvalue weighted by molar-refractivity contribution is 6.31. The zero-order valence-corrected chi connectivity index (χ0v) is 13.7. The van der Waals surface area contributed by atoms with Crippen LogP contribution in [0, 0.1) is 0 Å². The minimum Gasteiger partial charge on any atom is -0.497 e. The van der Waals surface area contributed by atoms with Crippen molar-refractivity contribution in [2.45, 2.75) is 18.9 Å². The third kappa shape index (κ3) is 3.42. The molecule has 1 saturated heterocycles. The lowest BCUT2D eigenvalue weighted by Gasteiger charge is -2.26. The van der Waals surface area contributed by atoms with Crippen LogP contribution < -0.4 is 10.1 Å². The van der Waals surface area contributed by atoms with Crippen molar-refractivity contribution in [3.63, 3.8) is 0 Å². The average molecular weight is 331 g/mol. The van der Waals surface area contributed by atoms with E-state index in [1.807, 2.05) is 47.4 Å². The quantitative estimate of drug-likeness (QED) is 0.884. The topological polar surface area (TPSA) is 41.6 Å². The molecule has 2 amide bonds. The van der Waals surface area contributed by atoms with Gasteiger partial charge in [0, 0.05) is 23.3 Å². The summed E-state index contributed by atoms with van der Waals surface area (Å²) < 4.78 is 5.19. The Bertz CT molecular complexity index is 705. The van der Waals surface area contributed by atoms with Gasteiger partial charge >= 0.3 is 6.03 Å². The van der Waals surface area contributed by atoms with E-state index in [2.05, 4.69) is 5.32 Å². The van der Waals surface area contributed by atoms with Gasteiger partial charge in [-0.15, -0.1) is 0 Å². The first-order chi connectivity index (χ1) is 11.2. The summed E-state index contributed by atoms with van der Waals surface area (Å²) in [5, 5.41) is 3.65. The van der Waals surface area contributed by atoms with Gasteiger partial charge in [-0.2, -0.15) is 0 Å². The van der Waals surface area contributed by atoms with E-state index in [0.29, 0.717) is 10.8 Å². The second-order valence-corrected chi connectivity index (χ2v) is 5.94. The minimum atomic E-state index is -0.110. The Morgan fingerprint density at radius 3 is 2.87 bits per heavy atom. The Morgan fingerprint density at radius 1 is 1.26 bits per heavy atom. The predicted octanol–water partition coefficient (Wildman–Crippen LogP) is 4.72. The van der Waals surface area contributed by atoms with Crippen molar-refractivity contribution in [1.29, 1.82) is 0 Å². The molecule has 4 nitrogen and oxygen atoms in total. The van der Waals surface area contributed by atoms with Gasteiger partial charge in [0.1, 0.15) is 5.75 Å². The van der Waals surface area contributed by atoms with E-state index >= 15 is 0 Å². The number of amides is 2. The second kappa shape index (κ2) is 6.92. The monoisotopic (exact) mass is 330 g/mol. The van der Waals surface area contributed by atoms with Crippen LogP contribution in [0.2, 0.25) is 5.02 Å². The molecule has 1 fully saturated rings. The smallest absolute Gasteiger partial charge is 0.322 e.